The van der Waals surface area contributed by atoms with Crippen molar-refractivity contribution in [2.45, 2.75) is 26.4 Å². The lowest BCUT2D eigenvalue weighted by Crippen LogP contribution is -2.20. The maximum absolute atomic E-state index is 12.9. The van der Waals surface area contributed by atoms with Gasteiger partial charge in [-0.05, 0) is 41.6 Å². The molecular formula is C25H23NO3S. The van der Waals surface area contributed by atoms with Crippen LogP contribution in [0.2, 0.25) is 0 Å². The number of fused-ring (bicyclic) bond motifs is 1. The van der Waals surface area contributed by atoms with Crippen molar-refractivity contribution in [3.63, 3.8) is 0 Å². The maximum atomic E-state index is 12.9. The van der Waals surface area contributed by atoms with Gasteiger partial charge in [0.05, 0.1) is 11.6 Å². The minimum atomic E-state index is -0.300. The third kappa shape index (κ3) is 4.69. The minimum absolute atomic E-state index is 0.110. The van der Waals surface area contributed by atoms with Crippen LogP contribution < -0.4 is 4.74 Å². The van der Waals surface area contributed by atoms with Crippen molar-refractivity contribution in [3.8, 4) is 11.6 Å². The Labute approximate surface area is 180 Å². The molecule has 0 aliphatic carbocycles. The molecule has 0 bridgehead atoms. The van der Waals surface area contributed by atoms with Crippen molar-refractivity contribution in [2.24, 2.45) is 5.92 Å². The van der Waals surface area contributed by atoms with Crippen molar-refractivity contribution in [1.29, 1.82) is 0 Å². The Morgan fingerprint density at radius 2 is 1.73 bits per heavy atom. The van der Waals surface area contributed by atoms with E-state index in [9.17, 15) is 4.79 Å². The van der Waals surface area contributed by atoms with E-state index in [2.05, 4.69) is 23.2 Å². The molecule has 0 N–H and O–H groups in total. The number of esters is 1. The highest BCUT2D eigenvalue weighted by Crippen LogP contribution is 2.35. The van der Waals surface area contributed by atoms with Crippen LogP contribution in [0.3, 0.4) is 0 Å². The average Bonchev–Trinajstić information content (AvgIpc) is 3.16. The van der Waals surface area contributed by atoms with Gasteiger partial charge in [0.15, 0.2) is 0 Å². The Bertz CT molecular complexity index is 1100. The molecule has 0 aliphatic heterocycles. The summed E-state index contributed by atoms with van der Waals surface area (Å²) in [5.41, 5.74) is 0.649. The Hall–Kier alpha value is -3.18. The van der Waals surface area contributed by atoms with E-state index in [4.69, 9.17) is 9.47 Å². The third-order valence-corrected chi connectivity index (χ3v) is 5.98. The SMILES string of the molecule is CC(C)C(C(=O)OCc1cccc(Oc2ccccc2)n1)c1cc2ccccc2s1. The number of aromatic nitrogens is 1. The maximum Gasteiger partial charge on any atom is 0.314 e. The lowest BCUT2D eigenvalue weighted by Gasteiger charge is -2.18. The molecular weight excluding hydrogens is 394 g/mol. The monoisotopic (exact) mass is 417 g/mol. The van der Waals surface area contributed by atoms with E-state index in [-0.39, 0.29) is 24.4 Å². The molecule has 5 heteroatoms. The molecule has 0 radical (unpaired) electrons. The van der Waals surface area contributed by atoms with Gasteiger partial charge in [-0.15, -0.1) is 11.3 Å². The molecule has 1 atom stereocenters. The van der Waals surface area contributed by atoms with Gasteiger partial charge in [-0.3, -0.25) is 4.79 Å². The van der Waals surface area contributed by atoms with E-state index in [1.54, 1.807) is 17.4 Å². The molecule has 2 heterocycles. The number of hydrogen-bond acceptors (Lipinski definition) is 5. The average molecular weight is 418 g/mol. The first-order chi connectivity index (χ1) is 14.6. The fourth-order valence-electron chi connectivity index (χ4n) is 3.31. The lowest BCUT2D eigenvalue weighted by molar-refractivity contribution is -0.148. The predicted octanol–water partition coefficient (Wildman–Crippen LogP) is 6.57. The zero-order chi connectivity index (χ0) is 20.9. The highest BCUT2D eigenvalue weighted by Gasteiger charge is 2.27. The van der Waals surface area contributed by atoms with Gasteiger partial charge in [-0.2, -0.15) is 0 Å². The van der Waals surface area contributed by atoms with Crippen LogP contribution in [0.5, 0.6) is 11.6 Å². The van der Waals surface area contributed by atoms with E-state index in [1.165, 1.54) is 4.70 Å². The summed E-state index contributed by atoms with van der Waals surface area (Å²) >= 11 is 1.65. The van der Waals surface area contributed by atoms with E-state index in [0.717, 1.165) is 10.3 Å². The molecule has 4 nitrogen and oxygen atoms in total. The van der Waals surface area contributed by atoms with Gasteiger partial charge in [0, 0.05) is 15.6 Å². The van der Waals surface area contributed by atoms with Crippen molar-refractivity contribution in [2.75, 3.05) is 0 Å². The summed E-state index contributed by atoms with van der Waals surface area (Å²) in [6.07, 6.45) is 0. The van der Waals surface area contributed by atoms with Gasteiger partial charge in [0.2, 0.25) is 5.88 Å². The van der Waals surface area contributed by atoms with Crippen molar-refractivity contribution in [3.05, 3.63) is 89.4 Å². The summed E-state index contributed by atoms with van der Waals surface area (Å²) in [7, 11) is 0. The second-order valence-electron chi connectivity index (χ2n) is 7.40. The van der Waals surface area contributed by atoms with E-state index < -0.39 is 0 Å². The number of ether oxygens (including phenoxy) is 2. The molecule has 0 saturated heterocycles. The smallest absolute Gasteiger partial charge is 0.314 e. The molecule has 30 heavy (non-hydrogen) atoms. The first-order valence-electron chi connectivity index (χ1n) is 9.94. The van der Waals surface area contributed by atoms with Gasteiger partial charge in [-0.25, -0.2) is 4.98 Å². The van der Waals surface area contributed by atoms with E-state index in [1.807, 2.05) is 68.4 Å². The molecule has 0 saturated carbocycles. The number of thiophene rings is 1. The highest BCUT2D eigenvalue weighted by molar-refractivity contribution is 7.19. The molecule has 2 aromatic carbocycles. The van der Waals surface area contributed by atoms with Crippen LogP contribution in [-0.2, 0) is 16.1 Å². The zero-order valence-corrected chi connectivity index (χ0v) is 17.8. The molecule has 0 aliphatic rings. The quantitative estimate of drug-likeness (QED) is 0.319. The Morgan fingerprint density at radius 3 is 2.50 bits per heavy atom. The van der Waals surface area contributed by atoms with Crippen LogP contribution in [0.25, 0.3) is 10.1 Å². The Morgan fingerprint density at radius 1 is 0.967 bits per heavy atom. The summed E-state index contributed by atoms with van der Waals surface area (Å²) < 4.78 is 12.6. The number of carbonyl (C=O) groups excluding carboxylic acids is 1. The number of rotatable bonds is 7. The second kappa shape index (κ2) is 9.09. The van der Waals surface area contributed by atoms with Crippen LogP contribution in [-0.4, -0.2) is 11.0 Å². The Balaban J connectivity index is 1.45. The molecule has 0 fully saturated rings. The summed E-state index contributed by atoms with van der Waals surface area (Å²) in [5.74, 6) is 0.786. The van der Waals surface area contributed by atoms with Crippen molar-refractivity contribution >= 4 is 27.4 Å². The predicted molar refractivity (Wildman–Crippen MR) is 120 cm³/mol. The number of para-hydroxylation sites is 1. The van der Waals surface area contributed by atoms with Gasteiger partial charge < -0.3 is 9.47 Å². The number of benzene rings is 2. The number of pyridine rings is 1. The van der Waals surface area contributed by atoms with Gasteiger partial charge >= 0.3 is 5.97 Å². The second-order valence-corrected chi connectivity index (χ2v) is 8.51. The molecule has 4 aromatic rings. The first-order valence-corrected chi connectivity index (χ1v) is 10.8. The minimum Gasteiger partial charge on any atom is -0.459 e. The summed E-state index contributed by atoms with van der Waals surface area (Å²) in [6.45, 7) is 4.20. The van der Waals surface area contributed by atoms with Gasteiger partial charge in [0.1, 0.15) is 12.4 Å². The lowest BCUT2D eigenvalue weighted by atomic mass is 9.94. The van der Waals surface area contributed by atoms with Crippen molar-refractivity contribution < 1.29 is 14.3 Å². The fraction of sp³-hybridized carbons (Fsp3) is 0.200. The molecule has 4 rings (SSSR count). The van der Waals surface area contributed by atoms with Crippen LogP contribution in [0.4, 0.5) is 0 Å². The molecule has 1 unspecified atom stereocenters. The highest BCUT2D eigenvalue weighted by atomic mass is 32.1. The molecule has 0 spiro atoms. The van der Waals surface area contributed by atoms with Crippen LogP contribution in [0, 0.1) is 5.92 Å². The normalized spacial score (nSPS) is 12.1. The van der Waals surface area contributed by atoms with Crippen LogP contribution in [0.1, 0.15) is 30.3 Å². The van der Waals surface area contributed by atoms with Crippen LogP contribution in [0.15, 0.2) is 78.9 Å². The molecule has 0 amide bonds. The largest absolute Gasteiger partial charge is 0.459 e. The molecule has 152 valence electrons. The first kappa shape index (κ1) is 20.1. The third-order valence-electron chi connectivity index (χ3n) is 4.78. The summed E-state index contributed by atoms with van der Waals surface area (Å²) in [4.78, 5) is 18.4. The summed E-state index contributed by atoms with van der Waals surface area (Å²) in [5, 5.41) is 1.16. The van der Waals surface area contributed by atoms with Gasteiger partial charge in [-0.1, -0.05) is 56.3 Å². The standard InChI is InChI=1S/C25H23NO3S/c1-17(2)24(22-15-18-9-6-7-13-21(18)30-22)25(27)28-16-19-10-8-14-23(26-19)29-20-11-4-3-5-12-20/h3-15,17,24H,16H2,1-2H3. The fourth-order valence-corrected chi connectivity index (χ4v) is 4.64. The molecule has 2 aromatic heterocycles. The zero-order valence-electron chi connectivity index (χ0n) is 16.9. The van der Waals surface area contributed by atoms with Gasteiger partial charge in [0.25, 0.3) is 0 Å². The summed E-state index contributed by atoms with van der Waals surface area (Å²) in [6, 6.07) is 25.2. The van der Waals surface area contributed by atoms with E-state index in [0.29, 0.717) is 17.3 Å². The topological polar surface area (TPSA) is 48.4 Å². The number of carbonyl (C=O) groups is 1. The number of nitrogens with zero attached hydrogens (tertiary/aromatic N) is 1. The van der Waals surface area contributed by atoms with Crippen LogP contribution >= 0.6 is 11.3 Å². The van der Waals surface area contributed by atoms with E-state index >= 15 is 0 Å². The number of hydrogen-bond donors (Lipinski definition) is 0. The van der Waals surface area contributed by atoms with Crippen molar-refractivity contribution in [1.82, 2.24) is 4.98 Å². The Kier molecular flexibility index (Phi) is 6.10.